The molecule has 2 atom stereocenters. The lowest BCUT2D eigenvalue weighted by Gasteiger charge is -2.19. The molecule has 0 bridgehead atoms. The van der Waals surface area contributed by atoms with Gasteiger partial charge in [0.1, 0.15) is 0 Å². The molecule has 2 unspecified atom stereocenters. The van der Waals surface area contributed by atoms with Gasteiger partial charge in [-0.25, -0.2) is 0 Å². The van der Waals surface area contributed by atoms with Crippen molar-refractivity contribution in [3.05, 3.63) is 33.8 Å². The second-order valence-electron chi connectivity index (χ2n) is 5.54. The predicted octanol–water partition coefficient (Wildman–Crippen LogP) is 5.33. The molecule has 1 nitrogen and oxygen atoms in total. The second-order valence-corrected chi connectivity index (χ2v) is 6.35. The van der Waals surface area contributed by atoms with E-state index in [0.29, 0.717) is 22.0 Å². The van der Waals surface area contributed by atoms with Crippen LogP contribution in [0.2, 0.25) is 10.0 Å². The minimum atomic E-state index is 0.300. The summed E-state index contributed by atoms with van der Waals surface area (Å²) in [6, 6.07) is 6.12. The lowest BCUT2D eigenvalue weighted by Crippen LogP contribution is -2.25. The third kappa shape index (κ3) is 5.17. The molecule has 0 aliphatic rings. The Morgan fingerprint density at radius 1 is 1.06 bits per heavy atom. The normalized spacial score (nSPS) is 14.8. The Morgan fingerprint density at radius 3 is 2.28 bits per heavy atom. The van der Waals surface area contributed by atoms with E-state index in [1.807, 2.05) is 18.2 Å². The molecule has 18 heavy (non-hydrogen) atoms. The van der Waals surface area contributed by atoms with Gasteiger partial charge in [0, 0.05) is 6.04 Å². The van der Waals surface area contributed by atoms with E-state index in [9.17, 15) is 0 Å². The summed E-state index contributed by atoms with van der Waals surface area (Å²) in [4.78, 5) is 0. The van der Waals surface area contributed by atoms with Gasteiger partial charge < -0.3 is 5.32 Å². The quantitative estimate of drug-likeness (QED) is 0.746. The van der Waals surface area contributed by atoms with Crippen molar-refractivity contribution in [2.24, 2.45) is 11.8 Å². The molecule has 0 heterocycles. The molecule has 1 N–H and O–H groups in total. The van der Waals surface area contributed by atoms with Gasteiger partial charge in [-0.15, -0.1) is 0 Å². The fourth-order valence-electron chi connectivity index (χ4n) is 2.17. The maximum absolute atomic E-state index is 6.03. The van der Waals surface area contributed by atoms with Crippen molar-refractivity contribution in [1.29, 1.82) is 0 Å². The molecule has 0 aromatic heterocycles. The first-order valence-corrected chi connectivity index (χ1v) is 7.34. The van der Waals surface area contributed by atoms with Crippen LogP contribution < -0.4 is 5.32 Å². The van der Waals surface area contributed by atoms with Crippen LogP contribution in [0.3, 0.4) is 0 Å². The van der Waals surface area contributed by atoms with Crippen LogP contribution in [0, 0.1) is 11.8 Å². The van der Waals surface area contributed by atoms with Gasteiger partial charge in [0.05, 0.1) is 10.0 Å². The van der Waals surface area contributed by atoms with E-state index in [4.69, 9.17) is 23.2 Å². The van der Waals surface area contributed by atoms with Crippen LogP contribution in [0.1, 0.15) is 45.7 Å². The van der Waals surface area contributed by atoms with Crippen molar-refractivity contribution >= 4 is 23.2 Å². The minimum absolute atomic E-state index is 0.300. The monoisotopic (exact) mass is 287 g/mol. The highest BCUT2D eigenvalue weighted by molar-refractivity contribution is 6.42. The summed E-state index contributed by atoms with van der Waals surface area (Å²) in [5, 5.41) is 4.78. The lowest BCUT2D eigenvalue weighted by atomic mass is 9.98. The predicted molar refractivity (Wildman–Crippen MR) is 81.5 cm³/mol. The highest BCUT2D eigenvalue weighted by atomic mass is 35.5. The van der Waals surface area contributed by atoms with E-state index in [0.717, 1.165) is 12.5 Å². The third-order valence-corrected chi connectivity index (χ3v) is 3.83. The number of hydrogen-bond acceptors (Lipinski definition) is 1. The molecule has 0 fully saturated rings. The maximum atomic E-state index is 6.03. The number of rotatable bonds is 6. The van der Waals surface area contributed by atoms with E-state index in [-0.39, 0.29) is 0 Å². The standard InChI is InChI=1S/C15H23Cl2N/c1-10(2)7-11(3)9-18-12(4)13-5-6-14(16)15(17)8-13/h5-6,8,10-12,18H,7,9H2,1-4H3. The van der Waals surface area contributed by atoms with E-state index in [2.05, 4.69) is 33.0 Å². The molecule has 0 saturated carbocycles. The van der Waals surface area contributed by atoms with Crippen molar-refractivity contribution in [3.63, 3.8) is 0 Å². The Bertz CT molecular complexity index is 377. The molecule has 3 heteroatoms. The first-order valence-electron chi connectivity index (χ1n) is 6.58. The number of benzene rings is 1. The van der Waals surface area contributed by atoms with Crippen LogP contribution in [0.5, 0.6) is 0 Å². The molecule has 0 saturated heterocycles. The van der Waals surface area contributed by atoms with Crippen molar-refractivity contribution < 1.29 is 0 Å². The fraction of sp³-hybridized carbons (Fsp3) is 0.600. The molecule has 0 aliphatic carbocycles. The maximum Gasteiger partial charge on any atom is 0.0595 e. The molecular formula is C15H23Cl2N. The SMILES string of the molecule is CC(C)CC(C)CNC(C)c1ccc(Cl)c(Cl)c1. The molecule has 102 valence electrons. The highest BCUT2D eigenvalue weighted by Gasteiger charge is 2.10. The van der Waals surface area contributed by atoms with Crippen molar-refractivity contribution in [2.75, 3.05) is 6.54 Å². The van der Waals surface area contributed by atoms with E-state index in [1.54, 1.807) is 0 Å². The summed E-state index contributed by atoms with van der Waals surface area (Å²) in [5.41, 5.74) is 1.18. The Morgan fingerprint density at radius 2 is 1.72 bits per heavy atom. The molecule has 1 aromatic carbocycles. The van der Waals surface area contributed by atoms with Crippen LogP contribution in [-0.2, 0) is 0 Å². The molecule has 0 aliphatic heterocycles. The highest BCUT2D eigenvalue weighted by Crippen LogP contribution is 2.25. The van der Waals surface area contributed by atoms with Gasteiger partial charge in [-0.2, -0.15) is 0 Å². The fourth-order valence-corrected chi connectivity index (χ4v) is 2.47. The topological polar surface area (TPSA) is 12.0 Å². The summed E-state index contributed by atoms with van der Waals surface area (Å²) in [6.45, 7) is 9.99. The van der Waals surface area contributed by atoms with Gasteiger partial charge in [0.2, 0.25) is 0 Å². The van der Waals surface area contributed by atoms with Crippen LogP contribution >= 0.6 is 23.2 Å². The third-order valence-electron chi connectivity index (χ3n) is 3.09. The van der Waals surface area contributed by atoms with E-state index < -0.39 is 0 Å². The summed E-state index contributed by atoms with van der Waals surface area (Å²) in [5.74, 6) is 1.44. The average Bonchev–Trinajstić information content (AvgIpc) is 2.28. The van der Waals surface area contributed by atoms with Crippen molar-refractivity contribution in [1.82, 2.24) is 5.32 Å². The zero-order valence-electron chi connectivity index (χ0n) is 11.6. The van der Waals surface area contributed by atoms with Crippen LogP contribution in [0.25, 0.3) is 0 Å². The number of nitrogens with one attached hydrogen (secondary N) is 1. The summed E-state index contributed by atoms with van der Waals surface area (Å²) >= 11 is 11.9. The van der Waals surface area contributed by atoms with Crippen molar-refractivity contribution in [3.8, 4) is 0 Å². The molecule has 0 amide bonds. The van der Waals surface area contributed by atoms with Crippen LogP contribution in [-0.4, -0.2) is 6.54 Å². The van der Waals surface area contributed by atoms with Gasteiger partial charge >= 0.3 is 0 Å². The Balaban J connectivity index is 2.49. The van der Waals surface area contributed by atoms with Gasteiger partial charge in [-0.3, -0.25) is 0 Å². The second kappa shape index (κ2) is 7.37. The van der Waals surface area contributed by atoms with Crippen LogP contribution in [0.15, 0.2) is 18.2 Å². The molecule has 1 rings (SSSR count). The molecular weight excluding hydrogens is 265 g/mol. The Hall–Kier alpha value is -0.240. The van der Waals surface area contributed by atoms with Gasteiger partial charge in [0.15, 0.2) is 0 Å². The molecule has 0 spiro atoms. The van der Waals surface area contributed by atoms with Gasteiger partial charge in [0.25, 0.3) is 0 Å². The first-order chi connectivity index (χ1) is 8.40. The first kappa shape index (κ1) is 15.8. The van der Waals surface area contributed by atoms with Crippen molar-refractivity contribution in [2.45, 2.75) is 40.2 Å². The number of halogens is 2. The van der Waals surface area contributed by atoms with E-state index in [1.165, 1.54) is 12.0 Å². The smallest absolute Gasteiger partial charge is 0.0595 e. The molecule has 0 radical (unpaired) electrons. The summed E-state index contributed by atoms with van der Waals surface area (Å²) < 4.78 is 0. The zero-order valence-corrected chi connectivity index (χ0v) is 13.1. The summed E-state index contributed by atoms with van der Waals surface area (Å²) in [7, 11) is 0. The molecule has 1 aromatic rings. The van der Waals surface area contributed by atoms with Gasteiger partial charge in [-0.05, 0) is 49.4 Å². The lowest BCUT2D eigenvalue weighted by molar-refractivity contribution is 0.396. The Kier molecular flexibility index (Phi) is 6.48. The van der Waals surface area contributed by atoms with Crippen LogP contribution in [0.4, 0.5) is 0 Å². The average molecular weight is 288 g/mol. The Labute approximate surface area is 121 Å². The zero-order chi connectivity index (χ0) is 13.7. The van der Waals surface area contributed by atoms with Gasteiger partial charge in [-0.1, -0.05) is 50.0 Å². The number of hydrogen-bond donors (Lipinski definition) is 1. The summed E-state index contributed by atoms with van der Waals surface area (Å²) in [6.07, 6.45) is 1.25. The largest absolute Gasteiger partial charge is 0.310 e. The minimum Gasteiger partial charge on any atom is -0.310 e. The van der Waals surface area contributed by atoms with E-state index >= 15 is 0 Å².